The van der Waals surface area contributed by atoms with Crippen LogP contribution in [0.15, 0.2) is 158 Å². The van der Waals surface area contributed by atoms with Gasteiger partial charge in [0.25, 0.3) is 56.3 Å². The number of rotatable bonds is 36. The number of hydrogen-bond acceptors (Lipinski definition) is 35. The molecule has 9 rings (SSSR count). The highest BCUT2D eigenvalue weighted by molar-refractivity contribution is 7.99. The third kappa shape index (κ3) is 22.8. The fraction of sp³-hybridized carbons (Fsp3) is 0.242. The highest BCUT2D eigenvalue weighted by atomic mass is 32.2. The van der Waals surface area contributed by atoms with E-state index < -0.39 is 143 Å². The van der Waals surface area contributed by atoms with Crippen LogP contribution >= 0.6 is 23.5 Å². The van der Waals surface area contributed by atoms with E-state index in [1.165, 1.54) is 73.9 Å². The zero-order chi connectivity index (χ0) is 81.1. The molecule has 0 aliphatic heterocycles. The summed E-state index contributed by atoms with van der Waals surface area (Å²) in [5.74, 6) is -7.45. The van der Waals surface area contributed by atoms with Crippen LogP contribution in [0.1, 0.15) is 41.5 Å². The molecule has 0 atom stereocenters. The Morgan fingerprint density at radius 2 is 1.17 bits per heavy atom. The summed E-state index contributed by atoms with van der Waals surface area (Å²) in [5.41, 5.74) is -0.837. The summed E-state index contributed by atoms with van der Waals surface area (Å²) in [7, 11) is -22.1. The number of fused-ring (bicyclic) bond motifs is 3. The van der Waals surface area contributed by atoms with Gasteiger partial charge in [-0.1, -0.05) is 6.07 Å². The van der Waals surface area contributed by atoms with E-state index in [9.17, 15) is 105 Å². The van der Waals surface area contributed by atoms with Crippen molar-refractivity contribution >= 4 is 183 Å². The van der Waals surface area contributed by atoms with Gasteiger partial charge in [0.05, 0.1) is 74.6 Å². The number of nitriles is 1. The Hall–Kier alpha value is -11.4. The molecule has 10 N–H and O–H groups in total. The fourth-order valence-corrected chi connectivity index (χ4v) is 14.9. The van der Waals surface area contributed by atoms with Crippen molar-refractivity contribution in [2.45, 2.75) is 59.6 Å². The van der Waals surface area contributed by atoms with Crippen LogP contribution in [-0.2, 0) is 60.2 Å². The number of ether oxygens (including phenoxy) is 2. The van der Waals surface area contributed by atoms with E-state index in [2.05, 4.69) is 77.6 Å². The SMILES string of the molecule is COc1ccc2c(c1)nc1c(C#N)c(C)c(N=Nc3cc(C)c(N=Nc4cc(Nc5nc(Nc6cccc(S(=O)(=O)O)c6)nc(N(CC(=O)O)CC(=O)O)n5)c(N=Nc5cc(C)c(N=Nc6ccc([N+](=O)[O-])cc6S(=O)(=O)O)cc5SCCCS(=O)(=O)O)cc4SCCCS(=O)(=O)O)cc3OCCCS(=O)(=O)O)c(O)n12. The molecule has 49 heteroatoms. The molecule has 6 aromatic carbocycles. The molecule has 0 amide bonds. The number of non-ortho nitro benzene ring substituents is 1. The van der Waals surface area contributed by atoms with Crippen molar-refractivity contribution in [1.29, 1.82) is 5.26 Å². The Balaban J connectivity index is 1.25. The predicted octanol–water partition coefficient (Wildman–Crippen LogP) is 12.1. The first kappa shape index (κ1) is 83.6. The van der Waals surface area contributed by atoms with Gasteiger partial charge in [-0.15, -0.1) is 54.2 Å². The van der Waals surface area contributed by atoms with Gasteiger partial charge in [0.15, 0.2) is 11.3 Å². The van der Waals surface area contributed by atoms with Gasteiger partial charge in [0, 0.05) is 45.3 Å². The molecule has 0 aliphatic rings. The van der Waals surface area contributed by atoms with Crippen molar-refractivity contribution in [3.63, 3.8) is 0 Å². The molecule has 584 valence electrons. The van der Waals surface area contributed by atoms with Crippen LogP contribution in [0.4, 0.5) is 80.4 Å². The van der Waals surface area contributed by atoms with Crippen LogP contribution in [0.2, 0.25) is 0 Å². The average molecular weight is 1670 g/mol. The van der Waals surface area contributed by atoms with E-state index in [-0.39, 0.29) is 132 Å². The molecule has 0 saturated carbocycles. The van der Waals surface area contributed by atoms with Crippen LogP contribution < -0.4 is 25.0 Å². The summed E-state index contributed by atoms with van der Waals surface area (Å²) < 4.78 is 182. The minimum Gasteiger partial charge on any atom is -0.497 e. The van der Waals surface area contributed by atoms with Crippen molar-refractivity contribution in [2.24, 2.45) is 40.9 Å². The molecule has 0 bridgehead atoms. The molecular weight excluding hydrogens is 1610 g/mol. The number of imidazole rings is 1. The van der Waals surface area contributed by atoms with Gasteiger partial charge in [-0.2, -0.15) is 72.5 Å². The monoisotopic (exact) mass is 1660 g/mol. The minimum atomic E-state index is -5.15. The molecule has 0 unspecified atom stereocenters. The van der Waals surface area contributed by atoms with E-state index in [4.69, 9.17) is 9.47 Å². The Bertz CT molecular complexity index is 5970. The van der Waals surface area contributed by atoms with Gasteiger partial charge in [-0.05, 0) is 129 Å². The number of aromatic hydroxyl groups is 1. The van der Waals surface area contributed by atoms with Crippen molar-refractivity contribution in [1.82, 2.24) is 24.3 Å². The number of carboxylic acid groups (broad SMARTS) is 2. The number of aryl methyl sites for hydroxylation is 2. The summed E-state index contributed by atoms with van der Waals surface area (Å²) in [6, 6.07) is 21.8. The molecule has 111 heavy (non-hydrogen) atoms. The largest absolute Gasteiger partial charge is 0.497 e. The molecule has 0 radical (unpaired) electrons. The standard InChI is InChI=1S/C62H60N18O24S7/c1-33-21-47(74-77-57-35(3)40(30-63)58-65-46-25-38(103-4)12-14-50(46)79(58)59(57)85)51(104-15-6-18-107(88,89)90)27-42(33)71-76-49-26-44(66-61-67-60(64-36-9-5-10-39(23-36)110(97,98)99)68-62(69-61)78(31-55(81)82)32-56(83)84)45(29-53(49)106-17-8-20-109(94,95)96)73-75-48-22-34(2)43(28-52(48)105-16-7-19-108(91,92)93)72-70-41-13-11-37(80(86)87)24-54(41)111(100,101)102/h5,9-14,21-29,85H,6-8,15-20,31-32H2,1-4H3,(H,81,82)(H,83,84)(H,88,89,90)(H,91,92,93)(H,94,95,96)(H,97,98,99)(H,100,101,102)(H2,64,66,67,68,69). The summed E-state index contributed by atoms with van der Waals surface area (Å²) >= 11 is 1.86. The molecule has 0 spiro atoms. The Kier molecular flexibility index (Phi) is 26.4. The quantitative estimate of drug-likeness (QED) is 0.00435. The Morgan fingerprint density at radius 3 is 1.75 bits per heavy atom. The van der Waals surface area contributed by atoms with Gasteiger partial charge in [-0.25, -0.2) is 4.98 Å². The summed E-state index contributed by atoms with van der Waals surface area (Å²) in [4.78, 5) is 52.0. The Morgan fingerprint density at radius 1 is 0.622 bits per heavy atom. The van der Waals surface area contributed by atoms with Gasteiger partial charge in [0.1, 0.15) is 63.9 Å². The number of nitro groups is 1. The first-order valence-corrected chi connectivity index (χ1v) is 41.1. The van der Waals surface area contributed by atoms with Crippen LogP contribution in [0.3, 0.4) is 0 Å². The summed E-state index contributed by atoms with van der Waals surface area (Å²) in [6.45, 7) is 2.03. The number of azo groups is 4. The van der Waals surface area contributed by atoms with Crippen molar-refractivity contribution < 1.29 is 104 Å². The molecule has 0 saturated heterocycles. The van der Waals surface area contributed by atoms with Crippen molar-refractivity contribution in [2.75, 3.05) is 71.1 Å². The maximum absolute atomic E-state index is 12.4. The first-order chi connectivity index (χ1) is 52.1. The second kappa shape index (κ2) is 35.1. The number of nitrogens with one attached hydrogen (secondary N) is 2. The van der Waals surface area contributed by atoms with E-state index in [0.29, 0.717) is 27.7 Å². The van der Waals surface area contributed by atoms with Crippen LogP contribution in [0, 0.1) is 42.2 Å². The number of nitro benzene ring substituents is 1. The van der Waals surface area contributed by atoms with E-state index in [1.54, 1.807) is 25.1 Å². The van der Waals surface area contributed by atoms with Crippen LogP contribution in [0.25, 0.3) is 16.7 Å². The summed E-state index contributed by atoms with van der Waals surface area (Å²) in [5, 5.41) is 94.4. The third-order valence-electron chi connectivity index (χ3n) is 15.1. The number of methoxy groups -OCH3 is 1. The normalized spacial score (nSPS) is 12.4. The zero-order valence-electron chi connectivity index (χ0n) is 57.6. The van der Waals surface area contributed by atoms with Gasteiger partial charge < -0.3 is 40.3 Å². The molecule has 3 heterocycles. The lowest BCUT2D eigenvalue weighted by Crippen LogP contribution is -2.36. The lowest BCUT2D eigenvalue weighted by atomic mass is 10.1. The number of nitrogens with zero attached hydrogens (tertiary/aromatic N) is 16. The molecular formula is C62H60N18O24S7. The molecule has 3 aromatic heterocycles. The first-order valence-electron chi connectivity index (χ1n) is 31.5. The van der Waals surface area contributed by atoms with Gasteiger partial charge in [0.2, 0.25) is 23.7 Å². The number of aromatic nitrogens is 5. The number of carboxylic acids is 2. The topological polar surface area (TPSA) is 634 Å². The second-order valence-corrected chi connectivity index (χ2v) is 33.1. The van der Waals surface area contributed by atoms with Crippen LogP contribution in [-0.4, -0.2) is 177 Å². The lowest BCUT2D eigenvalue weighted by Gasteiger charge is -2.20. The third-order valence-corrected chi connectivity index (χ3v) is 21.5. The number of pyridine rings is 1. The van der Waals surface area contributed by atoms with E-state index in [0.717, 1.165) is 47.8 Å². The van der Waals surface area contributed by atoms with Crippen LogP contribution in [0.5, 0.6) is 17.4 Å². The maximum atomic E-state index is 12.4. The van der Waals surface area contributed by atoms with Gasteiger partial charge >= 0.3 is 11.9 Å². The highest BCUT2D eigenvalue weighted by Gasteiger charge is 2.26. The Labute approximate surface area is 637 Å². The summed E-state index contributed by atoms with van der Waals surface area (Å²) in [6.07, 6.45) is -0.653. The molecule has 0 aliphatic carbocycles. The van der Waals surface area contributed by atoms with Gasteiger partial charge in [-0.3, -0.25) is 46.9 Å². The lowest BCUT2D eigenvalue weighted by molar-refractivity contribution is -0.385. The maximum Gasteiger partial charge on any atom is 0.323 e. The zero-order valence-corrected chi connectivity index (χ0v) is 63.4. The van der Waals surface area contributed by atoms with E-state index in [1.807, 2.05) is 0 Å². The highest BCUT2D eigenvalue weighted by Crippen LogP contribution is 2.46. The minimum absolute atomic E-state index is 0.00807. The number of hydrogen-bond donors (Lipinski definition) is 10. The fourth-order valence-electron chi connectivity index (χ4n) is 9.97. The second-order valence-electron chi connectivity index (χ2n) is 23.3. The molecule has 9 aromatic rings. The smallest absolute Gasteiger partial charge is 0.323 e. The molecule has 42 nitrogen and oxygen atoms in total. The predicted molar refractivity (Wildman–Crippen MR) is 399 cm³/mol. The number of carbonyl (C=O) groups is 2. The number of anilines is 5. The molecule has 0 fully saturated rings. The number of aliphatic carboxylic acids is 2. The number of benzene rings is 6. The van der Waals surface area contributed by atoms with E-state index >= 15 is 0 Å². The number of thioether (sulfide) groups is 2. The average Bonchev–Trinajstić information content (AvgIpc) is 1.59. The van der Waals surface area contributed by atoms with Crippen molar-refractivity contribution in [3.8, 4) is 23.4 Å². The van der Waals surface area contributed by atoms with Crippen molar-refractivity contribution in [3.05, 3.63) is 129 Å².